The minimum atomic E-state index is -0.117. The van der Waals surface area contributed by atoms with Gasteiger partial charge in [-0.05, 0) is 67.9 Å². The van der Waals surface area contributed by atoms with Crippen molar-refractivity contribution in [3.8, 4) is 6.07 Å². The molecule has 2 amide bonds. The molecule has 2 aliphatic carbocycles. The van der Waals surface area contributed by atoms with E-state index in [9.17, 15) is 4.79 Å². The van der Waals surface area contributed by atoms with Gasteiger partial charge in [0.15, 0.2) is 5.82 Å². The molecule has 2 aromatic heterocycles. The highest BCUT2D eigenvalue weighted by atomic mass is 16.5. The maximum Gasteiger partial charge on any atom is 0.315 e. The SMILES string of the molecule is N#Cc1ccc2c(c1)CC(NC(=O)NC1CCC(Nc3nccc(Nc4cc(C5COC5)[nH]n4)n3)CC1)C2. The van der Waals surface area contributed by atoms with E-state index < -0.39 is 0 Å². The van der Waals surface area contributed by atoms with Gasteiger partial charge in [-0.3, -0.25) is 5.10 Å². The number of rotatable bonds is 7. The van der Waals surface area contributed by atoms with Crippen molar-refractivity contribution in [3.63, 3.8) is 0 Å². The monoisotopic (exact) mass is 513 g/mol. The first-order valence-corrected chi connectivity index (χ1v) is 13.2. The summed E-state index contributed by atoms with van der Waals surface area (Å²) >= 11 is 0. The van der Waals surface area contributed by atoms with Crippen LogP contribution in [0.4, 0.5) is 22.4 Å². The van der Waals surface area contributed by atoms with Crippen molar-refractivity contribution in [1.29, 1.82) is 5.26 Å². The van der Waals surface area contributed by atoms with Crippen LogP contribution >= 0.6 is 0 Å². The number of carbonyl (C=O) groups excluding carboxylic acids is 1. The van der Waals surface area contributed by atoms with Gasteiger partial charge in [0, 0.05) is 42.0 Å². The molecule has 196 valence electrons. The predicted octanol–water partition coefficient (Wildman–Crippen LogP) is 3.12. The number of aromatic nitrogens is 4. The Morgan fingerprint density at radius 2 is 1.76 bits per heavy atom. The number of hydrogen-bond acceptors (Lipinski definition) is 8. The van der Waals surface area contributed by atoms with Crippen molar-refractivity contribution in [2.45, 2.75) is 62.6 Å². The number of urea groups is 1. The number of carbonyl (C=O) groups is 1. The lowest BCUT2D eigenvalue weighted by Crippen LogP contribution is -2.48. The van der Waals surface area contributed by atoms with Gasteiger partial charge in [-0.2, -0.15) is 15.3 Å². The molecule has 1 aromatic carbocycles. The highest BCUT2D eigenvalue weighted by molar-refractivity contribution is 5.75. The number of hydrogen-bond donors (Lipinski definition) is 5. The molecular weight excluding hydrogens is 482 g/mol. The third kappa shape index (κ3) is 5.55. The second kappa shape index (κ2) is 10.7. The van der Waals surface area contributed by atoms with E-state index in [1.807, 2.05) is 30.3 Å². The lowest BCUT2D eigenvalue weighted by molar-refractivity contribution is 0.00670. The molecule has 0 spiro atoms. The maximum atomic E-state index is 12.6. The van der Waals surface area contributed by atoms with E-state index in [0.29, 0.717) is 23.2 Å². The van der Waals surface area contributed by atoms with Crippen LogP contribution in [-0.4, -0.2) is 57.5 Å². The fourth-order valence-electron chi connectivity index (χ4n) is 5.42. The summed E-state index contributed by atoms with van der Waals surface area (Å²) in [5.41, 5.74) is 4.09. The van der Waals surface area contributed by atoms with Gasteiger partial charge in [0.25, 0.3) is 0 Å². The van der Waals surface area contributed by atoms with Crippen LogP contribution in [0.3, 0.4) is 0 Å². The first-order chi connectivity index (χ1) is 18.6. The van der Waals surface area contributed by atoms with Gasteiger partial charge in [0.1, 0.15) is 5.82 Å². The Morgan fingerprint density at radius 3 is 2.55 bits per heavy atom. The van der Waals surface area contributed by atoms with Gasteiger partial charge in [0.05, 0.1) is 24.8 Å². The molecule has 0 radical (unpaired) electrons. The van der Waals surface area contributed by atoms with E-state index in [2.05, 4.69) is 47.5 Å². The van der Waals surface area contributed by atoms with Gasteiger partial charge < -0.3 is 26.0 Å². The Labute approximate surface area is 220 Å². The normalized spacial score (nSPS) is 22.6. The number of benzene rings is 1. The van der Waals surface area contributed by atoms with Gasteiger partial charge in [-0.15, -0.1) is 0 Å². The molecule has 38 heavy (non-hydrogen) atoms. The summed E-state index contributed by atoms with van der Waals surface area (Å²) in [4.78, 5) is 21.6. The summed E-state index contributed by atoms with van der Waals surface area (Å²) in [6, 6.07) is 12.1. The molecule has 3 heterocycles. The van der Waals surface area contributed by atoms with Crippen LogP contribution in [0, 0.1) is 11.3 Å². The van der Waals surface area contributed by atoms with Crippen LogP contribution in [0.1, 0.15) is 54.0 Å². The number of ether oxygens (including phenoxy) is 1. The highest BCUT2D eigenvalue weighted by Crippen LogP contribution is 2.26. The Kier molecular flexibility index (Phi) is 6.79. The molecule has 1 saturated carbocycles. The van der Waals surface area contributed by atoms with Crippen molar-refractivity contribution in [2.24, 2.45) is 0 Å². The Hall–Kier alpha value is -4.17. The van der Waals surface area contributed by atoms with Crippen molar-refractivity contribution >= 4 is 23.6 Å². The van der Waals surface area contributed by atoms with Gasteiger partial charge in [-0.25, -0.2) is 9.78 Å². The molecular formula is C27H31N9O2. The second-order valence-electron chi connectivity index (χ2n) is 10.3. The van der Waals surface area contributed by atoms with Gasteiger partial charge >= 0.3 is 6.03 Å². The first-order valence-electron chi connectivity index (χ1n) is 13.2. The standard InChI is InChI=1S/C27H31N9O2/c28-13-16-1-2-17-10-22(11-18(17)9-16)32-27(37)31-21-5-3-20(4-6-21)30-26-29-8-7-24(34-26)33-25-12-23(35-36-25)19-14-38-15-19/h1-2,7-9,12,19-22H,3-6,10-11,14-15H2,(H2,31,32,37)(H3,29,30,33,34,35,36). The zero-order chi connectivity index (χ0) is 25.9. The van der Waals surface area contributed by atoms with Crippen molar-refractivity contribution in [3.05, 3.63) is 58.9 Å². The molecule has 1 atom stereocenters. The minimum Gasteiger partial charge on any atom is -0.380 e. The summed E-state index contributed by atoms with van der Waals surface area (Å²) in [5, 5.41) is 29.4. The van der Waals surface area contributed by atoms with Crippen LogP contribution in [0.25, 0.3) is 0 Å². The zero-order valence-electron chi connectivity index (χ0n) is 21.0. The summed E-state index contributed by atoms with van der Waals surface area (Å²) in [7, 11) is 0. The average Bonchev–Trinajstić information content (AvgIpc) is 3.50. The molecule has 2 fully saturated rings. The van der Waals surface area contributed by atoms with E-state index in [1.54, 1.807) is 6.20 Å². The molecule has 3 aromatic rings. The number of aromatic amines is 1. The summed E-state index contributed by atoms with van der Waals surface area (Å²) in [6.45, 7) is 1.46. The molecule has 1 unspecified atom stereocenters. The Bertz CT molecular complexity index is 1340. The molecule has 5 N–H and O–H groups in total. The summed E-state index contributed by atoms with van der Waals surface area (Å²) < 4.78 is 5.25. The van der Waals surface area contributed by atoms with Crippen LogP contribution in [0.15, 0.2) is 36.5 Å². The average molecular weight is 514 g/mol. The smallest absolute Gasteiger partial charge is 0.315 e. The van der Waals surface area contributed by atoms with E-state index in [-0.39, 0.29) is 24.2 Å². The number of nitrogens with one attached hydrogen (secondary N) is 5. The molecule has 6 rings (SSSR count). The predicted molar refractivity (Wildman–Crippen MR) is 141 cm³/mol. The van der Waals surface area contributed by atoms with Gasteiger partial charge in [-0.1, -0.05) is 6.07 Å². The molecule has 1 saturated heterocycles. The fraction of sp³-hybridized carbons (Fsp3) is 0.444. The van der Waals surface area contributed by atoms with Crippen LogP contribution in [0.2, 0.25) is 0 Å². The second-order valence-corrected chi connectivity index (χ2v) is 10.3. The van der Waals surface area contributed by atoms with Crippen LogP contribution in [-0.2, 0) is 17.6 Å². The first kappa shape index (κ1) is 24.2. The van der Waals surface area contributed by atoms with Crippen molar-refractivity contribution < 1.29 is 9.53 Å². The van der Waals surface area contributed by atoms with Crippen LogP contribution < -0.4 is 21.3 Å². The number of amides is 2. The molecule has 11 heteroatoms. The van der Waals surface area contributed by atoms with E-state index in [4.69, 9.17) is 10.00 Å². The number of H-pyrrole nitrogens is 1. The quantitative estimate of drug-likeness (QED) is 0.323. The third-order valence-electron chi connectivity index (χ3n) is 7.59. The number of anilines is 3. The lowest BCUT2D eigenvalue weighted by Gasteiger charge is -2.30. The largest absolute Gasteiger partial charge is 0.380 e. The molecule has 11 nitrogen and oxygen atoms in total. The van der Waals surface area contributed by atoms with Crippen molar-refractivity contribution in [2.75, 3.05) is 23.8 Å². The summed E-state index contributed by atoms with van der Waals surface area (Å²) in [5.74, 6) is 2.35. The summed E-state index contributed by atoms with van der Waals surface area (Å²) in [6.07, 6.45) is 6.91. The van der Waals surface area contributed by atoms with E-state index in [0.717, 1.165) is 68.8 Å². The van der Waals surface area contributed by atoms with E-state index in [1.165, 1.54) is 5.56 Å². The van der Waals surface area contributed by atoms with E-state index >= 15 is 0 Å². The van der Waals surface area contributed by atoms with Gasteiger partial charge in [0.2, 0.25) is 5.95 Å². The highest BCUT2D eigenvalue weighted by Gasteiger charge is 2.27. The fourth-order valence-corrected chi connectivity index (χ4v) is 5.42. The Morgan fingerprint density at radius 1 is 0.974 bits per heavy atom. The lowest BCUT2D eigenvalue weighted by atomic mass is 9.91. The third-order valence-corrected chi connectivity index (χ3v) is 7.59. The Balaban J connectivity index is 0.941. The maximum absolute atomic E-state index is 12.6. The number of fused-ring (bicyclic) bond motifs is 1. The zero-order valence-corrected chi connectivity index (χ0v) is 21.0. The molecule has 0 bridgehead atoms. The number of nitriles is 1. The molecule has 1 aliphatic heterocycles. The molecule has 3 aliphatic rings. The van der Waals surface area contributed by atoms with Crippen LogP contribution in [0.5, 0.6) is 0 Å². The topological polar surface area (TPSA) is 153 Å². The van der Waals surface area contributed by atoms with Crippen molar-refractivity contribution in [1.82, 2.24) is 30.8 Å². The number of nitrogens with zero attached hydrogens (tertiary/aromatic N) is 4. The minimum absolute atomic E-state index is 0.0651.